The van der Waals surface area contributed by atoms with Crippen LogP contribution in [0.3, 0.4) is 0 Å². The second kappa shape index (κ2) is 8.09. The lowest BCUT2D eigenvalue weighted by Gasteiger charge is -2.11. The van der Waals surface area contributed by atoms with Crippen molar-refractivity contribution in [1.29, 1.82) is 0 Å². The first-order chi connectivity index (χ1) is 13.0. The van der Waals surface area contributed by atoms with E-state index in [1.807, 2.05) is 7.05 Å². The van der Waals surface area contributed by atoms with E-state index in [-0.39, 0.29) is 17.6 Å². The summed E-state index contributed by atoms with van der Waals surface area (Å²) in [6, 6.07) is 10.4. The van der Waals surface area contributed by atoms with Gasteiger partial charge in [-0.2, -0.15) is 0 Å². The second-order valence-corrected chi connectivity index (χ2v) is 6.90. The molecular formula is C18H19N5O3S. The van der Waals surface area contributed by atoms with Crippen molar-refractivity contribution >= 4 is 29.3 Å². The highest BCUT2D eigenvalue weighted by atomic mass is 32.2. The van der Waals surface area contributed by atoms with Crippen molar-refractivity contribution in [1.82, 2.24) is 19.7 Å². The minimum atomic E-state index is -0.172. The number of carbonyl (C=O) groups excluding carboxylic acids is 2. The van der Waals surface area contributed by atoms with Crippen molar-refractivity contribution in [3.8, 4) is 11.6 Å². The maximum atomic E-state index is 12.2. The van der Waals surface area contributed by atoms with E-state index in [0.717, 1.165) is 0 Å². The molecule has 0 saturated carbocycles. The van der Waals surface area contributed by atoms with Gasteiger partial charge in [0, 0.05) is 32.4 Å². The third-order valence-corrected chi connectivity index (χ3v) is 4.75. The van der Waals surface area contributed by atoms with Crippen LogP contribution in [-0.4, -0.2) is 51.3 Å². The fraction of sp³-hybridized carbons (Fsp3) is 0.222. The first-order valence-electron chi connectivity index (χ1n) is 8.13. The van der Waals surface area contributed by atoms with Crippen LogP contribution in [0.2, 0.25) is 0 Å². The molecular weight excluding hydrogens is 366 g/mol. The van der Waals surface area contributed by atoms with E-state index in [1.54, 1.807) is 61.3 Å². The molecule has 0 saturated heterocycles. The van der Waals surface area contributed by atoms with Crippen LogP contribution < -0.4 is 5.32 Å². The molecule has 0 radical (unpaired) electrons. The largest absolute Gasteiger partial charge is 0.461 e. The van der Waals surface area contributed by atoms with Crippen molar-refractivity contribution in [2.24, 2.45) is 7.05 Å². The van der Waals surface area contributed by atoms with Crippen LogP contribution in [0.4, 0.5) is 5.69 Å². The first-order valence-corrected chi connectivity index (χ1v) is 9.12. The molecule has 0 bridgehead atoms. The summed E-state index contributed by atoms with van der Waals surface area (Å²) < 4.78 is 7.10. The predicted octanol–water partition coefficient (Wildman–Crippen LogP) is 2.51. The number of furan rings is 1. The fourth-order valence-corrected chi connectivity index (χ4v) is 3.05. The van der Waals surface area contributed by atoms with Crippen molar-refractivity contribution in [2.75, 3.05) is 25.2 Å². The number of carbonyl (C=O) groups is 2. The number of thioether (sulfide) groups is 1. The van der Waals surface area contributed by atoms with Gasteiger partial charge in [-0.15, -0.1) is 10.2 Å². The van der Waals surface area contributed by atoms with Crippen LogP contribution in [0.1, 0.15) is 10.4 Å². The standard InChI is InChI=1S/C18H19N5O3S/c1-22(2)17(25)12-6-8-13(9-7-12)19-15(24)11-27-18-21-20-16(23(18)3)14-5-4-10-26-14/h4-10H,11H2,1-3H3,(H,19,24). The molecule has 3 aromatic rings. The SMILES string of the molecule is CN(C)C(=O)c1ccc(NC(=O)CSc2nnc(-c3ccco3)n2C)cc1. The summed E-state index contributed by atoms with van der Waals surface area (Å²) in [6.45, 7) is 0. The van der Waals surface area contributed by atoms with Gasteiger partial charge in [-0.3, -0.25) is 9.59 Å². The zero-order chi connectivity index (χ0) is 19.4. The topological polar surface area (TPSA) is 93.3 Å². The maximum Gasteiger partial charge on any atom is 0.253 e. The molecule has 0 aliphatic rings. The highest BCUT2D eigenvalue weighted by Gasteiger charge is 2.15. The van der Waals surface area contributed by atoms with Gasteiger partial charge in [0.2, 0.25) is 5.91 Å². The molecule has 0 unspecified atom stereocenters. The van der Waals surface area contributed by atoms with E-state index in [1.165, 1.54) is 16.7 Å². The number of amides is 2. The van der Waals surface area contributed by atoms with Gasteiger partial charge in [-0.1, -0.05) is 11.8 Å². The summed E-state index contributed by atoms with van der Waals surface area (Å²) in [5, 5.41) is 11.6. The molecule has 27 heavy (non-hydrogen) atoms. The van der Waals surface area contributed by atoms with Gasteiger partial charge in [0.25, 0.3) is 5.91 Å². The Morgan fingerprint density at radius 2 is 1.93 bits per heavy atom. The number of nitrogens with one attached hydrogen (secondary N) is 1. The molecule has 3 rings (SSSR count). The van der Waals surface area contributed by atoms with Gasteiger partial charge >= 0.3 is 0 Å². The molecule has 0 aliphatic carbocycles. The predicted molar refractivity (Wildman–Crippen MR) is 103 cm³/mol. The summed E-state index contributed by atoms with van der Waals surface area (Å²) in [4.78, 5) is 25.5. The minimum absolute atomic E-state index is 0.0851. The zero-order valence-electron chi connectivity index (χ0n) is 15.2. The third-order valence-electron chi connectivity index (χ3n) is 3.73. The highest BCUT2D eigenvalue weighted by molar-refractivity contribution is 7.99. The van der Waals surface area contributed by atoms with Crippen molar-refractivity contribution in [2.45, 2.75) is 5.16 Å². The van der Waals surface area contributed by atoms with E-state index in [4.69, 9.17) is 4.42 Å². The van der Waals surface area contributed by atoms with E-state index >= 15 is 0 Å². The lowest BCUT2D eigenvalue weighted by atomic mass is 10.2. The molecule has 1 N–H and O–H groups in total. The zero-order valence-corrected chi connectivity index (χ0v) is 16.0. The Labute approximate surface area is 160 Å². The molecule has 2 aromatic heterocycles. The average molecular weight is 385 g/mol. The molecule has 0 spiro atoms. The Morgan fingerprint density at radius 3 is 2.56 bits per heavy atom. The molecule has 140 valence electrons. The van der Waals surface area contributed by atoms with Gasteiger partial charge in [0.15, 0.2) is 16.7 Å². The quantitative estimate of drug-likeness (QED) is 0.656. The highest BCUT2D eigenvalue weighted by Crippen LogP contribution is 2.23. The number of rotatable bonds is 6. The Balaban J connectivity index is 1.57. The second-order valence-electron chi connectivity index (χ2n) is 5.96. The Hall–Kier alpha value is -3.07. The van der Waals surface area contributed by atoms with Gasteiger partial charge in [0.05, 0.1) is 12.0 Å². The summed E-state index contributed by atoms with van der Waals surface area (Å²) >= 11 is 1.28. The van der Waals surface area contributed by atoms with Gasteiger partial charge in [-0.25, -0.2) is 0 Å². The minimum Gasteiger partial charge on any atom is -0.461 e. The van der Waals surface area contributed by atoms with Crippen LogP contribution in [-0.2, 0) is 11.8 Å². The molecule has 1 aromatic carbocycles. The van der Waals surface area contributed by atoms with Crippen molar-refractivity contribution in [3.63, 3.8) is 0 Å². The average Bonchev–Trinajstić information content (AvgIpc) is 3.29. The van der Waals surface area contributed by atoms with Crippen LogP contribution in [0, 0.1) is 0 Å². The number of nitrogens with zero attached hydrogens (tertiary/aromatic N) is 4. The van der Waals surface area contributed by atoms with Crippen molar-refractivity contribution < 1.29 is 14.0 Å². The lowest BCUT2D eigenvalue weighted by Crippen LogP contribution is -2.21. The molecule has 9 heteroatoms. The number of benzene rings is 1. The number of anilines is 1. The number of hydrogen-bond donors (Lipinski definition) is 1. The molecule has 0 aliphatic heterocycles. The van der Waals surface area contributed by atoms with E-state index in [9.17, 15) is 9.59 Å². The molecule has 2 heterocycles. The molecule has 0 atom stereocenters. The molecule has 8 nitrogen and oxygen atoms in total. The molecule has 2 amide bonds. The van der Waals surface area contributed by atoms with Crippen LogP contribution in [0.5, 0.6) is 0 Å². The monoisotopic (exact) mass is 385 g/mol. The Bertz CT molecular complexity index is 933. The normalized spacial score (nSPS) is 10.6. The number of aromatic nitrogens is 3. The smallest absolute Gasteiger partial charge is 0.253 e. The van der Waals surface area contributed by atoms with Crippen LogP contribution in [0.25, 0.3) is 11.6 Å². The van der Waals surface area contributed by atoms with E-state index in [0.29, 0.717) is 28.0 Å². The fourth-order valence-electron chi connectivity index (χ4n) is 2.34. The summed E-state index contributed by atoms with van der Waals surface area (Å²) in [5.74, 6) is 1.15. The van der Waals surface area contributed by atoms with Gasteiger partial charge in [-0.05, 0) is 36.4 Å². The third kappa shape index (κ3) is 4.37. The van der Waals surface area contributed by atoms with Gasteiger partial charge < -0.3 is 19.2 Å². The Morgan fingerprint density at radius 1 is 1.19 bits per heavy atom. The summed E-state index contributed by atoms with van der Waals surface area (Å²) in [5.41, 5.74) is 1.20. The van der Waals surface area contributed by atoms with Crippen LogP contribution >= 0.6 is 11.8 Å². The summed E-state index contributed by atoms with van der Waals surface area (Å²) in [6.07, 6.45) is 1.57. The first kappa shape index (κ1) is 18.7. The Kier molecular flexibility index (Phi) is 5.60. The van der Waals surface area contributed by atoms with Crippen molar-refractivity contribution in [3.05, 3.63) is 48.2 Å². The number of hydrogen-bond acceptors (Lipinski definition) is 6. The van der Waals surface area contributed by atoms with Crippen LogP contribution in [0.15, 0.2) is 52.2 Å². The maximum absolute atomic E-state index is 12.2. The van der Waals surface area contributed by atoms with Gasteiger partial charge in [0.1, 0.15) is 0 Å². The summed E-state index contributed by atoms with van der Waals surface area (Å²) in [7, 11) is 5.20. The lowest BCUT2D eigenvalue weighted by molar-refractivity contribution is -0.113. The van der Waals surface area contributed by atoms with E-state index < -0.39 is 0 Å². The molecule has 0 fully saturated rings. The van der Waals surface area contributed by atoms with E-state index in [2.05, 4.69) is 15.5 Å².